The van der Waals surface area contributed by atoms with Crippen LogP contribution in [0.2, 0.25) is 0 Å². The molecule has 0 amide bonds. The Morgan fingerprint density at radius 1 is 1.24 bits per heavy atom. The first-order valence-corrected chi connectivity index (χ1v) is 6.61. The number of anilines is 2. The molecule has 17 heavy (non-hydrogen) atoms. The maximum absolute atomic E-state index is 4.38. The molecule has 0 saturated carbocycles. The Balaban J connectivity index is 1.75. The van der Waals surface area contributed by atoms with Crippen molar-refractivity contribution in [2.45, 2.75) is 31.7 Å². The molecule has 1 saturated heterocycles. The Bertz CT molecular complexity index is 371. The van der Waals surface area contributed by atoms with Crippen LogP contribution in [-0.4, -0.2) is 30.8 Å². The summed E-state index contributed by atoms with van der Waals surface area (Å²) in [6.07, 6.45) is 7.02. The first-order chi connectivity index (χ1) is 8.45. The lowest BCUT2D eigenvalue weighted by atomic mass is 10.0. The third kappa shape index (κ3) is 2.22. The maximum Gasteiger partial charge on any atom is 0.151 e. The fourth-order valence-corrected chi connectivity index (χ4v) is 2.82. The molecule has 92 valence electrons. The van der Waals surface area contributed by atoms with Crippen LogP contribution in [0.5, 0.6) is 0 Å². The van der Waals surface area contributed by atoms with Crippen molar-refractivity contribution in [1.82, 2.24) is 10.3 Å². The van der Waals surface area contributed by atoms with E-state index in [1.807, 2.05) is 12.3 Å². The van der Waals surface area contributed by atoms with Crippen molar-refractivity contribution in [2.75, 3.05) is 30.0 Å². The highest BCUT2D eigenvalue weighted by Gasteiger charge is 2.26. The van der Waals surface area contributed by atoms with Gasteiger partial charge in [-0.25, -0.2) is 4.98 Å². The first kappa shape index (κ1) is 10.8. The third-order valence-electron chi connectivity index (χ3n) is 3.75. The van der Waals surface area contributed by atoms with Crippen LogP contribution in [-0.2, 0) is 0 Å². The van der Waals surface area contributed by atoms with Crippen LogP contribution in [0.25, 0.3) is 0 Å². The highest BCUT2D eigenvalue weighted by molar-refractivity contribution is 5.70. The van der Waals surface area contributed by atoms with Gasteiger partial charge in [-0.05, 0) is 44.5 Å². The van der Waals surface area contributed by atoms with Gasteiger partial charge < -0.3 is 15.5 Å². The van der Waals surface area contributed by atoms with Gasteiger partial charge in [0.05, 0.1) is 12.4 Å². The van der Waals surface area contributed by atoms with Crippen LogP contribution in [0.15, 0.2) is 18.3 Å². The predicted molar refractivity (Wildman–Crippen MR) is 70.3 cm³/mol. The number of nitrogens with one attached hydrogen (secondary N) is 2. The van der Waals surface area contributed by atoms with Crippen molar-refractivity contribution >= 4 is 11.5 Å². The molecule has 1 unspecified atom stereocenters. The smallest absolute Gasteiger partial charge is 0.151 e. The van der Waals surface area contributed by atoms with Gasteiger partial charge in [0.1, 0.15) is 0 Å². The molecule has 2 aliphatic heterocycles. The normalized spacial score (nSPS) is 24.7. The van der Waals surface area contributed by atoms with Crippen LogP contribution in [0.3, 0.4) is 0 Å². The van der Waals surface area contributed by atoms with E-state index in [-0.39, 0.29) is 0 Å². The maximum atomic E-state index is 4.38. The number of aromatic nitrogens is 1. The van der Waals surface area contributed by atoms with Crippen molar-refractivity contribution in [3.63, 3.8) is 0 Å². The molecule has 0 radical (unpaired) electrons. The molecule has 1 aromatic rings. The SMILES string of the molecule is c1cnc2c(c1)N(C1CCCCNCC1)CN2. The molecule has 3 heterocycles. The summed E-state index contributed by atoms with van der Waals surface area (Å²) in [5.74, 6) is 1.04. The van der Waals surface area contributed by atoms with Gasteiger partial charge in [0.2, 0.25) is 0 Å². The van der Waals surface area contributed by atoms with E-state index in [1.54, 1.807) is 0 Å². The molecular formula is C13H20N4. The molecule has 0 bridgehead atoms. The molecule has 3 rings (SSSR count). The minimum atomic E-state index is 0.653. The summed E-state index contributed by atoms with van der Waals surface area (Å²) in [6, 6.07) is 4.86. The Hall–Kier alpha value is -1.29. The van der Waals surface area contributed by atoms with Gasteiger partial charge in [-0.3, -0.25) is 0 Å². The topological polar surface area (TPSA) is 40.2 Å². The summed E-state index contributed by atoms with van der Waals surface area (Å²) in [5.41, 5.74) is 1.28. The largest absolute Gasteiger partial charge is 0.351 e. The van der Waals surface area contributed by atoms with E-state index in [1.165, 1.54) is 37.9 Å². The standard InChI is InChI=1S/C13H20N4/c1-2-7-14-9-6-11(4-1)17-10-16-13-12(17)5-3-8-15-13/h3,5,8,11,14H,1-2,4,6-7,9-10H2,(H,15,16). The van der Waals surface area contributed by atoms with Gasteiger partial charge in [-0.15, -0.1) is 0 Å². The van der Waals surface area contributed by atoms with Gasteiger partial charge in [0.15, 0.2) is 5.82 Å². The highest BCUT2D eigenvalue weighted by atomic mass is 15.3. The van der Waals surface area contributed by atoms with E-state index in [4.69, 9.17) is 0 Å². The van der Waals surface area contributed by atoms with Crippen molar-refractivity contribution in [1.29, 1.82) is 0 Å². The molecule has 1 aromatic heterocycles. The molecule has 0 aromatic carbocycles. The molecule has 2 aliphatic rings. The Labute approximate surface area is 102 Å². The molecule has 1 atom stereocenters. The monoisotopic (exact) mass is 232 g/mol. The number of rotatable bonds is 1. The Kier molecular flexibility index (Phi) is 3.14. The van der Waals surface area contributed by atoms with E-state index < -0.39 is 0 Å². The number of fused-ring (bicyclic) bond motifs is 1. The third-order valence-corrected chi connectivity index (χ3v) is 3.75. The highest BCUT2D eigenvalue weighted by Crippen LogP contribution is 2.32. The van der Waals surface area contributed by atoms with Gasteiger partial charge in [-0.1, -0.05) is 6.42 Å². The van der Waals surface area contributed by atoms with Gasteiger partial charge in [0.25, 0.3) is 0 Å². The minimum Gasteiger partial charge on any atom is -0.351 e. The quantitative estimate of drug-likeness (QED) is 0.774. The second kappa shape index (κ2) is 4.92. The van der Waals surface area contributed by atoms with E-state index in [2.05, 4.69) is 26.6 Å². The molecule has 4 heteroatoms. The van der Waals surface area contributed by atoms with Gasteiger partial charge >= 0.3 is 0 Å². The van der Waals surface area contributed by atoms with E-state index in [9.17, 15) is 0 Å². The number of hydrogen-bond donors (Lipinski definition) is 2. The molecule has 2 N–H and O–H groups in total. The van der Waals surface area contributed by atoms with Crippen LogP contribution >= 0.6 is 0 Å². The van der Waals surface area contributed by atoms with Crippen molar-refractivity contribution in [2.24, 2.45) is 0 Å². The number of pyridine rings is 1. The number of nitrogens with zero attached hydrogens (tertiary/aromatic N) is 2. The van der Waals surface area contributed by atoms with E-state index in [0.717, 1.165) is 19.0 Å². The lowest BCUT2D eigenvalue weighted by Crippen LogP contribution is -2.38. The van der Waals surface area contributed by atoms with Gasteiger partial charge in [-0.2, -0.15) is 0 Å². The lowest BCUT2D eigenvalue weighted by Gasteiger charge is -2.30. The second-order valence-corrected chi connectivity index (χ2v) is 4.86. The fourth-order valence-electron chi connectivity index (χ4n) is 2.82. The van der Waals surface area contributed by atoms with Crippen LogP contribution in [0.1, 0.15) is 25.7 Å². The summed E-state index contributed by atoms with van der Waals surface area (Å²) in [5, 5.41) is 6.88. The predicted octanol–water partition coefficient (Wildman–Crippen LogP) is 1.80. The zero-order valence-corrected chi connectivity index (χ0v) is 10.2. The summed E-state index contributed by atoms with van der Waals surface area (Å²) >= 11 is 0. The Morgan fingerprint density at radius 3 is 3.24 bits per heavy atom. The minimum absolute atomic E-state index is 0.653. The van der Waals surface area contributed by atoms with Crippen LogP contribution < -0.4 is 15.5 Å². The Morgan fingerprint density at radius 2 is 2.24 bits per heavy atom. The van der Waals surface area contributed by atoms with E-state index >= 15 is 0 Å². The molecule has 4 nitrogen and oxygen atoms in total. The van der Waals surface area contributed by atoms with E-state index in [0.29, 0.717) is 6.04 Å². The summed E-state index contributed by atoms with van der Waals surface area (Å²) < 4.78 is 0. The average molecular weight is 232 g/mol. The molecule has 0 spiro atoms. The molecule has 0 aliphatic carbocycles. The summed E-state index contributed by atoms with van der Waals surface area (Å²) in [7, 11) is 0. The second-order valence-electron chi connectivity index (χ2n) is 4.86. The molecular weight excluding hydrogens is 212 g/mol. The molecule has 1 fully saturated rings. The van der Waals surface area contributed by atoms with Crippen molar-refractivity contribution in [3.05, 3.63) is 18.3 Å². The van der Waals surface area contributed by atoms with Crippen LogP contribution in [0.4, 0.5) is 11.5 Å². The first-order valence-electron chi connectivity index (χ1n) is 6.61. The fraction of sp³-hybridized carbons (Fsp3) is 0.615. The van der Waals surface area contributed by atoms with Crippen molar-refractivity contribution in [3.8, 4) is 0 Å². The zero-order chi connectivity index (χ0) is 11.5. The van der Waals surface area contributed by atoms with Crippen molar-refractivity contribution < 1.29 is 0 Å². The zero-order valence-electron chi connectivity index (χ0n) is 10.2. The lowest BCUT2D eigenvalue weighted by molar-refractivity contribution is 0.447. The van der Waals surface area contributed by atoms with Crippen LogP contribution in [0, 0.1) is 0 Å². The summed E-state index contributed by atoms with van der Waals surface area (Å²) in [4.78, 5) is 6.86. The number of hydrogen-bond acceptors (Lipinski definition) is 4. The summed E-state index contributed by atoms with van der Waals surface area (Å²) in [6.45, 7) is 3.23. The van der Waals surface area contributed by atoms with Gasteiger partial charge in [0, 0.05) is 12.2 Å². The average Bonchev–Trinajstić information content (AvgIpc) is 2.73.